The number of carbonyl (C=O) groups excluding carboxylic acids is 1. The summed E-state index contributed by atoms with van der Waals surface area (Å²) in [6.07, 6.45) is 3.42. The summed E-state index contributed by atoms with van der Waals surface area (Å²) in [7, 11) is 0. The number of nitrogens with one attached hydrogen (secondary N) is 2. The van der Waals surface area contributed by atoms with Crippen molar-refractivity contribution >= 4 is 29.0 Å². The highest BCUT2D eigenvalue weighted by Gasteiger charge is 2.09. The molecule has 2 aromatic rings. The van der Waals surface area contributed by atoms with Crippen molar-refractivity contribution in [2.24, 2.45) is 0 Å². The van der Waals surface area contributed by atoms with E-state index in [0.29, 0.717) is 11.6 Å². The molecule has 2 aromatic carbocycles. The largest absolute Gasteiger partial charge is 0.360 e. The number of amides is 1. The highest BCUT2D eigenvalue weighted by atomic mass is 32.2. The SMILES string of the molecule is CSc1cccc(N/C=C(/C#N)C(=O)Nc2ccc(C(C)C)cc2)c1. The lowest BCUT2D eigenvalue weighted by Gasteiger charge is -2.08. The second kappa shape index (κ2) is 8.95. The summed E-state index contributed by atoms with van der Waals surface area (Å²) >= 11 is 1.63. The predicted octanol–water partition coefficient (Wildman–Crippen LogP) is 4.99. The Morgan fingerprint density at radius 1 is 1.16 bits per heavy atom. The first-order valence-electron chi connectivity index (χ1n) is 7.95. The van der Waals surface area contributed by atoms with Gasteiger partial charge in [-0.1, -0.05) is 32.0 Å². The van der Waals surface area contributed by atoms with Crippen LogP contribution in [0.1, 0.15) is 25.3 Å². The number of rotatable bonds is 6. The topological polar surface area (TPSA) is 64.9 Å². The van der Waals surface area contributed by atoms with E-state index >= 15 is 0 Å². The van der Waals surface area contributed by atoms with E-state index in [2.05, 4.69) is 24.5 Å². The predicted molar refractivity (Wildman–Crippen MR) is 105 cm³/mol. The van der Waals surface area contributed by atoms with Crippen LogP contribution in [0.3, 0.4) is 0 Å². The lowest BCUT2D eigenvalue weighted by atomic mass is 10.0. The Labute approximate surface area is 152 Å². The Kier molecular flexibility index (Phi) is 6.67. The van der Waals surface area contributed by atoms with Crippen molar-refractivity contribution < 1.29 is 4.79 Å². The third kappa shape index (κ3) is 5.40. The second-order valence-corrected chi connectivity index (χ2v) is 6.66. The highest BCUT2D eigenvalue weighted by molar-refractivity contribution is 7.98. The minimum atomic E-state index is -0.437. The first-order valence-corrected chi connectivity index (χ1v) is 9.18. The maximum Gasteiger partial charge on any atom is 0.267 e. The monoisotopic (exact) mass is 351 g/mol. The third-order valence-corrected chi connectivity index (χ3v) is 4.38. The number of thioether (sulfide) groups is 1. The second-order valence-electron chi connectivity index (χ2n) is 5.78. The van der Waals surface area contributed by atoms with Crippen LogP contribution in [0.4, 0.5) is 11.4 Å². The molecule has 5 heteroatoms. The maximum atomic E-state index is 12.3. The van der Waals surface area contributed by atoms with Crippen molar-refractivity contribution in [3.63, 3.8) is 0 Å². The van der Waals surface area contributed by atoms with E-state index in [0.717, 1.165) is 10.6 Å². The summed E-state index contributed by atoms with van der Waals surface area (Å²) in [4.78, 5) is 13.4. The van der Waals surface area contributed by atoms with Gasteiger partial charge in [-0.25, -0.2) is 0 Å². The summed E-state index contributed by atoms with van der Waals surface area (Å²) < 4.78 is 0. The fourth-order valence-electron chi connectivity index (χ4n) is 2.17. The fourth-order valence-corrected chi connectivity index (χ4v) is 2.63. The number of hydrogen-bond acceptors (Lipinski definition) is 4. The summed E-state index contributed by atoms with van der Waals surface area (Å²) in [5.41, 5.74) is 2.71. The minimum Gasteiger partial charge on any atom is -0.360 e. The molecule has 0 aromatic heterocycles. The van der Waals surface area contributed by atoms with Gasteiger partial charge >= 0.3 is 0 Å². The molecular weight excluding hydrogens is 330 g/mol. The van der Waals surface area contributed by atoms with Gasteiger partial charge in [-0.2, -0.15) is 5.26 Å². The van der Waals surface area contributed by atoms with Crippen LogP contribution in [0.15, 0.2) is 65.2 Å². The van der Waals surface area contributed by atoms with Crippen LogP contribution in [0.5, 0.6) is 0 Å². The van der Waals surface area contributed by atoms with Crippen molar-refractivity contribution in [3.05, 3.63) is 65.9 Å². The number of benzene rings is 2. The van der Waals surface area contributed by atoms with Crippen LogP contribution in [0.2, 0.25) is 0 Å². The molecule has 0 bridgehead atoms. The molecule has 0 atom stereocenters. The Balaban J connectivity index is 2.05. The average Bonchev–Trinajstić information content (AvgIpc) is 2.63. The molecule has 25 heavy (non-hydrogen) atoms. The molecular formula is C20H21N3OS. The number of nitriles is 1. The number of nitrogens with zero attached hydrogens (tertiary/aromatic N) is 1. The first kappa shape index (κ1) is 18.6. The van der Waals surface area contributed by atoms with Crippen molar-refractivity contribution in [1.82, 2.24) is 0 Å². The van der Waals surface area contributed by atoms with Gasteiger partial charge in [-0.15, -0.1) is 11.8 Å². The summed E-state index contributed by atoms with van der Waals surface area (Å²) in [5, 5.41) is 15.0. The van der Waals surface area contributed by atoms with E-state index in [1.807, 2.05) is 60.9 Å². The summed E-state index contributed by atoms with van der Waals surface area (Å²) in [5.74, 6) is -0.00566. The van der Waals surface area contributed by atoms with Crippen LogP contribution in [-0.4, -0.2) is 12.2 Å². The van der Waals surface area contributed by atoms with Gasteiger partial charge in [-0.05, 0) is 48.1 Å². The molecule has 0 saturated heterocycles. The van der Waals surface area contributed by atoms with Crippen molar-refractivity contribution in [3.8, 4) is 6.07 Å². The van der Waals surface area contributed by atoms with Crippen LogP contribution < -0.4 is 10.6 Å². The number of anilines is 2. The Bertz CT molecular complexity index is 804. The van der Waals surface area contributed by atoms with Crippen LogP contribution in [0, 0.1) is 11.3 Å². The van der Waals surface area contributed by atoms with E-state index in [4.69, 9.17) is 0 Å². The fraction of sp³-hybridized carbons (Fsp3) is 0.200. The van der Waals surface area contributed by atoms with Gasteiger partial charge in [0.05, 0.1) is 0 Å². The van der Waals surface area contributed by atoms with Gasteiger partial charge in [0.2, 0.25) is 0 Å². The van der Waals surface area contributed by atoms with Crippen molar-refractivity contribution in [1.29, 1.82) is 5.26 Å². The molecule has 128 valence electrons. The smallest absolute Gasteiger partial charge is 0.267 e. The molecule has 0 unspecified atom stereocenters. The van der Waals surface area contributed by atoms with E-state index in [-0.39, 0.29) is 5.57 Å². The minimum absolute atomic E-state index is 0.0162. The molecule has 0 saturated carbocycles. The Morgan fingerprint density at radius 3 is 2.48 bits per heavy atom. The zero-order valence-corrected chi connectivity index (χ0v) is 15.4. The zero-order valence-electron chi connectivity index (χ0n) is 14.5. The standard InChI is InChI=1S/C20H21N3OS/c1-14(2)15-7-9-17(10-8-15)23-20(24)16(12-21)13-22-18-5-4-6-19(11-18)25-3/h4-11,13-14,22H,1-3H3,(H,23,24)/b16-13-. The molecule has 0 aliphatic rings. The molecule has 0 spiro atoms. The molecule has 0 aliphatic heterocycles. The summed E-state index contributed by atoms with van der Waals surface area (Å²) in [6.45, 7) is 4.23. The van der Waals surface area contributed by atoms with Gasteiger partial charge in [0.1, 0.15) is 11.6 Å². The Morgan fingerprint density at radius 2 is 1.88 bits per heavy atom. The van der Waals surface area contributed by atoms with Gasteiger partial charge in [0, 0.05) is 22.5 Å². The van der Waals surface area contributed by atoms with E-state index < -0.39 is 5.91 Å². The number of hydrogen-bond donors (Lipinski definition) is 2. The lowest BCUT2D eigenvalue weighted by molar-refractivity contribution is -0.112. The molecule has 0 aliphatic carbocycles. The third-order valence-electron chi connectivity index (χ3n) is 3.65. The molecule has 0 heterocycles. The maximum absolute atomic E-state index is 12.3. The highest BCUT2D eigenvalue weighted by Crippen LogP contribution is 2.20. The van der Waals surface area contributed by atoms with E-state index in [1.165, 1.54) is 11.8 Å². The van der Waals surface area contributed by atoms with Crippen molar-refractivity contribution in [2.45, 2.75) is 24.7 Å². The van der Waals surface area contributed by atoms with Gasteiger partial charge < -0.3 is 10.6 Å². The summed E-state index contributed by atoms with van der Waals surface area (Å²) in [6, 6.07) is 17.3. The Hall–Kier alpha value is -2.71. The molecule has 1 amide bonds. The average molecular weight is 351 g/mol. The van der Waals surface area contributed by atoms with E-state index in [9.17, 15) is 10.1 Å². The molecule has 2 N–H and O–H groups in total. The van der Waals surface area contributed by atoms with Gasteiger partial charge in [-0.3, -0.25) is 4.79 Å². The normalized spacial score (nSPS) is 11.1. The van der Waals surface area contributed by atoms with Gasteiger partial charge in [0.15, 0.2) is 0 Å². The molecule has 0 fully saturated rings. The molecule has 2 rings (SSSR count). The quantitative estimate of drug-likeness (QED) is 0.437. The van der Waals surface area contributed by atoms with E-state index in [1.54, 1.807) is 11.8 Å². The molecule has 0 radical (unpaired) electrons. The zero-order chi connectivity index (χ0) is 18.2. The van der Waals surface area contributed by atoms with Crippen LogP contribution in [0.25, 0.3) is 0 Å². The lowest BCUT2D eigenvalue weighted by Crippen LogP contribution is -2.14. The first-order chi connectivity index (χ1) is 12.0. The number of carbonyl (C=O) groups is 1. The van der Waals surface area contributed by atoms with Crippen LogP contribution >= 0.6 is 11.8 Å². The molecule has 4 nitrogen and oxygen atoms in total. The van der Waals surface area contributed by atoms with Crippen molar-refractivity contribution in [2.75, 3.05) is 16.9 Å². The van der Waals surface area contributed by atoms with Gasteiger partial charge in [0.25, 0.3) is 5.91 Å². The van der Waals surface area contributed by atoms with Crippen LogP contribution in [-0.2, 0) is 4.79 Å².